The highest BCUT2D eigenvalue weighted by Gasteiger charge is 2.36. The molecule has 0 bridgehead atoms. The van der Waals surface area contributed by atoms with Gasteiger partial charge in [-0.3, -0.25) is 15.0 Å². The molecular weight excluding hydrogens is 486 g/mol. The summed E-state index contributed by atoms with van der Waals surface area (Å²) in [5, 5.41) is 10.6. The summed E-state index contributed by atoms with van der Waals surface area (Å²) in [7, 11) is 0. The third-order valence-corrected chi connectivity index (χ3v) is 6.56. The van der Waals surface area contributed by atoms with Crippen LogP contribution in [0.15, 0.2) is 60.7 Å². The first-order chi connectivity index (χ1) is 18.3. The number of carboxylic acid groups (broad SMARTS) is 1. The van der Waals surface area contributed by atoms with Gasteiger partial charge in [-0.2, -0.15) is 5.01 Å². The van der Waals surface area contributed by atoms with E-state index in [1.54, 1.807) is 30.3 Å². The molecule has 1 heterocycles. The quantitative estimate of drug-likeness (QED) is 0.333. The summed E-state index contributed by atoms with van der Waals surface area (Å²) in [5.74, 6) is -2.34. The lowest BCUT2D eigenvalue weighted by molar-refractivity contribution is -0.203. The molecule has 3 amide bonds. The minimum absolute atomic E-state index is 0.0905. The van der Waals surface area contributed by atoms with E-state index in [0.29, 0.717) is 38.0 Å². The molecule has 3 N–H and O–H groups in total. The molecule has 2 aromatic rings. The summed E-state index contributed by atoms with van der Waals surface area (Å²) in [6.07, 6.45) is 2.99. The van der Waals surface area contributed by atoms with Crippen molar-refractivity contribution in [2.24, 2.45) is 17.8 Å². The van der Waals surface area contributed by atoms with E-state index in [1.165, 1.54) is 0 Å². The van der Waals surface area contributed by atoms with Crippen LogP contribution in [0.1, 0.15) is 57.9 Å². The van der Waals surface area contributed by atoms with Gasteiger partial charge in [-0.25, -0.2) is 15.1 Å². The van der Waals surface area contributed by atoms with Crippen LogP contribution < -0.4 is 15.9 Å². The maximum atomic E-state index is 13.6. The fourth-order valence-electron chi connectivity index (χ4n) is 4.64. The summed E-state index contributed by atoms with van der Waals surface area (Å²) >= 11 is 0. The van der Waals surface area contributed by atoms with Gasteiger partial charge in [0.15, 0.2) is 6.29 Å². The van der Waals surface area contributed by atoms with Gasteiger partial charge in [0, 0.05) is 13.0 Å². The Balaban J connectivity index is 1.78. The van der Waals surface area contributed by atoms with Gasteiger partial charge in [-0.15, -0.1) is 0 Å². The number of rotatable bonds is 12. The van der Waals surface area contributed by atoms with Crippen molar-refractivity contribution in [3.63, 3.8) is 0 Å². The van der Waals surface area contributed by atoms with E-state index in [9.17, 15) is 19.5 Å². The SMILES string of the molecule is CC(C)CC(C(=O)NN(C(=O)O)c1ccccc1)[C@@H](CCCc1ccccc1)C(=O)NO[C@H]1CCCCO1. The Kier molecular flexibility index (Phi) is 11.6. The Morgan fingerprint density at radius 3 is 2.29 bits per heavy atom. The zero-order valence-corrected chi connectivity index (χ0v) is 22.2. The number of hydroxylamine groups is 1. The van der Waals surface area contributed by atoms with E-state index in [0.717, 1.165) is 29.8 Å². The second kappa shape index (κ2) is 15.1. The Morgan fingerprint density at radius 2 is 1.68 bits per heavy atom. The van der Waals surface area contributed by atoms with Gasteiger partial charge < -0.3 is 9.84 Å². The zero-order valence-electron chi connectivity index (χ0n) is 22.2. The van der Waals surface area contributed by atoms with Crippen LogP contribution in [0.3, 0.4) is 0 Å². The summed E-state index contributed by atoms with van der Waals surface area (Å²) in [5.41, 5.74) is 6.53. The lowest BCUT2D eigenvalue weighted by atomic mass is 9.81. The molecule has 3 rings (SSSR count). The van der Waals surface area contributed by atoms with Crippen molar-refractivity contribution in [1.29, 1.82) is 0 Å². The first kappa shape index (κ1) is 29.1. The van der Waals surface area contributed by atoms with E-state index < -0.39 is 36.0 Å². The molecule has 206 valence electrons. The highest BCUT2D eigenvalue weighted by atomic mass is 16.8. The molecule has 9 heteroatoms. The third-order valence-electron chi connectivity index (χ3n) is 6.56. The molecule has 2 aromatic carbocycles. The monoisotopic (exact) mass is 525 g/mol. The molecule has 0 radical (unpaired) electrons. The maximum absolute atomic E-state index is 13.6. The third kappa shape index (κ3) is 9.15. The van der Waals surface area contributed by atoms with Gasteiger partial charge in [-0.05, 0) is 62.1 Å². The summed E-state index contributed by atoms with van der Waals surface area (Å²) in [6.45, 7) is 4.51. The molecule has 1 unspecified atom stereocenters. The normalized spacial score (nSPS) is 16.9. The number of anilines is 1. The Hall–Kier alpha value is -3.43. The van der Waals surface area contributed by atoms with Crippen molar-refractivity contribution in [2.75, 3.05) is 11.6 Å². The topological polar surface area (TPSA) is 117 Å². The lowest BCUT2D eigenvalue weighted by Crippen LogP contribution is -2.51. The first-order valence-corrected chi connectivity index (χ1v) is 13.3. The van der Waals surface area contributed by atoms with Crippen molar-refractivity contribution in [1.82, 2.24) is 10.9 Å². The second-order valence-electron chi connectivity index (χ2n) is 10.0. The van der Waals surface area contributed by atoms with Crippen LogP contribution in [0.4, 0.5) is 10.5 Å². The molecule has 0 spiro atoms. The predicted octanol–water partition coefficient (Wildman–Crippen LogP) is 5.08. The van der Waals surface area contributed by atoms with Crippen molar-refractivity contribution in [3.8, 4) is 0 Å². The molecule has 38 heavy (non-hydrogen) atoms. The van der Waals surface area contributed by atoms with E-state index in [2.05, 4.69) is 10.9 Å². The van der Waals surface area contributed by atoms with E-state index in [4.69, 9.17) is 9.57 Å². The minimum Gasteiger partial charge on any atom is -0.463 e. The zero-order chi connectivity index (χ0) is 27.3. The molecule has 0 saturated carbocycles. The van der Waals surface area contributed by atoms with Crippen LogP contribution in [-0.4, -0.2) is 35.9 Å². The van der Waals surface area contributed by atoms with Crippen molar-refractivity contribution >= 4 is 23.6 Å². The molecule has 9 nitrogen and oxygen atoms in total. The molecule has 1 aliphatic rings. The number of nitrogens with one attached hydrogen (secondary N) is 2. The lowest BCUT2D eigenvalue weighted by Gasteiger charge is -2.30. The van der Waals surface area contributed by atoms with Crippen LogP contribution in [0, 0.1) is 17.8 Å². The number of nitrogens with zero attached hydrogens (tertiary/aromatic N) is 1. The number of carbonyl (C=O) groups is 3. The molecule has 1 fully saturated rings. The van der Waals surface area contributed by atoms with E-state index in [-0.39, 0.29) is 5.92 Å². The highest BCUT2D eigenvalue weighted by molar-refractivity contribution is 5.93. The molecule has 3 atom stereocenters. The molecule has 0 aromatic heterocycles. The van der Waals surface area contributed by atoms with Crippen LogP contribution in [0.2, 0.25) is 0 Å². The van der Waals surface area contributed by atoms with Gasteiger partial charge in [-0.1, -0.05) is 62.4 Å². The fraction of sp³-hybridized carbons (Fsp3) is 0.483. The Bertz CT molecular complexity index is 1010. The Morgan fingerprint density at radius 1 is 1.00 bits per heavy atom. The van der Waals surface area contributed by atoms with Gasteiger partial charge in [0.05, 0.1) is 17.5 Å². The first-order valence-electron chi connectivity index (χ1n) is 13.3. The average molecular weight is 526 g/mol. The highest BCUT2D eigenvalue weighted by Crippen LogP contribution is 2.27. The van der Waals surface area contributed by atoms with E-state index >= 15 is 0 Å². The maximum Gasteiger partial charge on any atom is 0.431 e. The predicted molar refractivity (Wildman–Crippen MR) is 144 cm³/mol. The molecule has 1 aliphatic heterocycles. The van der Waals surface area contributed by atoms with Gasteiger partial charge in [0.25, 0.3) is 0 Å². The molecule has 0 aliphatic carbocycles. The van der Waals surface area contributed by atoms with Crippen LogP contribution in [0.5, 0.6) is 0 Å². The van der Waals surface area contributed by atoms with Crippen molar-refractivity contribution in [3.05, 3.63) is 66.2 Å². The Labute approximate surface area is 224 Å². The molecule has 1 saturated heterocycles. The number of amides is 3. The number of aryl methyl sites for hydroxylation is 1. The van der Waals surface area contributed by atoms with Crippen LogP contribution in [0.25, 0.3) is 0 Å². The van der Waals surface area contributed by atoms with Crippen LogP contribution >= 0.6 is 0 Å². The number of para-hydroxylation sites is 1. The number of hydrogen-bond acceptors (Lipinski definition) is 5. The fourth-order valence-corrected chi connectivity index (χ4v) is 4.64. The number of hydrazine groups is 1. The van der Waals surface area contributed by atoms with Crippen molar-refractivity contribution < 1.29 is 29.1 Å². The molecular formula is C29H39N3O6. The standard InChI is InChI=1S/C29H39N3O6/c1-21(2)20-25(27(33)30-32(29(35)36)23-15-7-4-8-16-23)24(17-11-14-22-12-5-3-6-13-22)28(34)31-38-26-18-9-10-19-37-26/h3-8,12-13,15-16,21,24-26H,9-11,14,17-20H2,1-2H3,(H,30,33)(H,31,34)(H,35,36)/t24-,25?,26+/m1/s1. The average Bonchev–Trinajstić information content (AvgIpc) is 2.93. The number of hydrogen-bond donors (Lipinski definition) is 3. The summed E-state index contributed by atoms with van der Waals surface area (Å²) < 4.78 is 5.56. The summed E-state index contributed by atoms with van der Waals surface area (Å²) in [6, 6.07) is 18.3. The van der Waals surface area contributed by atoms with Crippen molar-refractivity contribution in [2.45, 2.75) is 65.1 Å². The smallest absolute Gasteiger partial charge is 0.431 e. The number of carbonyl (C=O) groups excluding carboxylic acids is 2. The van der Waals surface area contributed by atoms with Gasteiger partial charge in [0.1, 0.15) is 0 Å². The second-order valence-corrected chi connectivity index (χ2v) is 10.0. The van der Waals surface area contributed by atoms with Crippen LogP contribution in [-0.2, 0) is 25.6 Å². The number of ether oxygens (including phenoxy) is 1. The van der Waals surface area contributed by atoms with E-state index in [1.807, 2.05) is 44.2 Å². The largest absolute Gasteiger partial charge is 0.463 e. The minimum atomic E-state index is -1.32. The van der Waals surface area contributed by atoms with Gasteiger partial charge >= 0.3 is 6.09 Å². The number of benzene rings is 2. The van der Waals surface area contributed by atoms with Gasteiger partial charge in [0.2, 0.25) is 11.8 Å². The summed E-state index contributed by atoms with van der Waals surface area (Å²) in [4.78, 5) is 44.6.